The van der Waals surface area contributed by atoms with Crippen molar-refractivity contribution < 1.29 is 9.84 Å². The topological polar surface area (TPSA) is 47.3 Å². The zero-order chi connectivity index (χ0) is 14.5. The van der Waals surface area contributed by atoms with Crippen LogP contribution in [-0.2, 0) is 13.0 Å². The van der Waals surface area contributed by atoms with Gasteiger partial charge in [-0.2, -0.15) is 0 Å². The number of hydrogen-bond donors (Lipinski definition) is 1. The summed E-state index contributed by atoms with van der Waals surface area (Å²) in [6.45, 7) is 5.05. The Labute approximate surface area is 120 Å². The van der Waals surface area contributed by atoms with Crippen LogP contribution in [0.5, 0.6) is 5.75 Å². The number of aliphatic hydroxyl groups excluding tert-OH is 1. The van der Waals surface area contributed by atoms with Gasteiger partial charge in [-0.3, -0.25) is 0 Å². The van der Waals surface area contributed by atoms with Crippen molar-refractivity contribution in [2.24, 2.45) is 0 Å². The second-order valence-corrected chi connectivity index (χ2v) is 4.99. The number of aliphatic hydroxyl groups is 1. The fourth-order valence-corrected chi connectivity index (χ4v) is 2.37. The van der Waals surface area contributed by atoms with Gasteiger partial charge in [0.25, 0.3) is 0 Å². The van der Waals surface area contributed by atoms with Crippen molar-refractivity contribution in [1.29, 1.82) is 0 Å². The molecule has 0 bridgehead atoms. The number of benzene rings is 1. The Hall–Kier alpha value is -1.81. The predicted octanol–water partition coefficient (Wildman–Crippen LogP) is 2.89. The van der Waals surface area contributed by atoms with Gasteiger partial charge < -0.3 is 14.4 Å². The van der Waals surface area contributed by atoms with E-state index in [0.29, 0.717) is 6.42 Å². The molecule has 20 heavy (non-hydrogen) atoms. The van der Waals surface area contributed by atoms with Gasteiger partial charge in [0.1, 0.15) is 11.6 Å². The molecule has 2 aromatic rings. The first kappa shape index (κ1) is 14.6. The second kappa shape index (κ2) is 6.57. The van der Waals surface area contributed by atoms with Crippen LogP contribution in [0, 0.1) is 6.92 Å². The lowest BCUT2D eigenvalue weighted by atomic mass is 10.0. The Balaban J connectivity index is 2.13. The molecular formula is C16H22N2O2. The molecule has 0 saturated heterocycles. The molecule has 108 valence electrons. The summed E-state index contributed by atoms with van der Waals surface area (Å²) in [5.74, 6) is 1.77. The number of aromatic nitrogens is 2. The SMILES string of the molecule is CCCn1ccnc1CC(O)c1ccc(OC)c(C)c1. The molecule has 0 radical (unpaired) electrons. The van der Waals surface area contributed by atoms with Crippen molar-refractivity contribution >= 4 is 0 Å². The molecule has 0 saturated carbocycles. The number of ether oxygens (including phenoxy) is 1. The Morgan fingerprint density at radius 2 is 2.20 bits per heavy atom. The van der Waals surface area contributed by atoms with Crippen molar-refractivity contribution in [2.45, 2.75) is 39.3 Å². The number of methoxy groups -OCH3 is 1. The molecule has 4 nitrogen and oxygen atoms in total. The normalized spacial score (nSPS) is 12.4. The summed E-state index contributed by atoms with van der Waals surface area (Å²) in [5.41, 5.74) is 1.93. The monoisotopic (exact) mass is 274 g/mol. The van der Waals surface area contributed by atoms with E-state index >= 15 is 0 Å². The maximum Gasteiger partial charge on any atom is 0.121 e. The van der Waals surface area contributed by atoms with E-state index in [0.717, 1.165) is 35.7 Å². The first-order valence-corrected chi connectivity index (χ1v) is 6.98. The lowest BCUT2D eigenvalue weighted by Gasteiger charge is -2.14. The highest BCUT2D eigenvalue weighted by atomic mass is 16.5. The summed E-state index contributed by atoms with van der Waals surface area (Å²) in [5, 5.41) is 10.4. The third kappa shape index (κ3) is 3.20. The van der Waals surface area contributed by atoms with Gasteiger partial charge >= 0.3 is 0 Å². The summed E-state index contributed by atoms with van der Waals surface area (Å²) in [7, 11) is 1.65. The number of aryl methyl sites for hydroxylation is 2. The Bertz CT molecular complexity index is 563. The molecule has 1 aromatic heterocycles. The molecule has 0 amide bonds. The van der Waals surface area contributed by atoms with Gasteiger partial charge in [-0.25, -0.2) is 4.98 Å². The average Bonchev–Trinajstić information content (AvgIpc) is 2.86. The van der Waals surface area contributed by atoms with Crippen LogP contribution >= 0.6 is 0 Å². The van der Waals surface area contributed by atoms with Crippen LogP contribution in [0.15, 0.2) is 30.6 Å². The number of imidazole rings is 1. The van der Waals surface area contributed by atoms with E-state index in [2.05, 4.69) is 16.5 Å². The van der Waals surface area contributed by atoms with E-state index in [9.17, 15) is 5.11 Å². The predicted molar refractivity (Wildman–Crippen MR) is 78.9 cm³/mol. The molecular weight excluding hydrogens is 252 g/mol. The molecule has 0 aliphatic heterocycles. The minimum Gasteiger partial charge on any atom is -0.496 e. The molecule has 1 N–H and O–H groups in total. The van der Waals surface area contributed by atoms with E-state index in [1.54, 1.807) is 13.3 Å². The first-order chi connectivity index (χ1) is 9.65. The molecule has 0 aliphatic carbocycles. The largest absolute Gasteiger partial charge is 0.496 e. The van der Waals surface area contributed by atoms with Crippen LogP contribution in [0.2, 0.25) is 0 Å². The zero-order valence-corrected chi connectivity index (χ0v) is 12.3. The van der Waals surface area contributed by atoms with Crippen molar-refractivity contribution in [3.63, 3.8) is 0 Å². The van der Waals surface area contributed by atoms with Crippen LogP contribution in [0.4, 0.5) is 0 Å². The highest BCUT2D eigenvalue weighted by Gasteiger charge is 2.13. The standard InChI is InChI=1S/C16H22N2O2/c1-4-8-18-9-7-17-16(18)11-14(19)13-5-6-15(20-3)12(2)10-13/h5-7,9-10,14,19H,4,8,11H2,1-3H3. The van der Waals surface area contributed by atoms with E-state index in [1.165, 1.54) is 0 Å². The summed E-state index contributed by atoms with van der Waals surface area (Å²) in [4.78, 5) is 4.33. The third-order valence-corrected chi connectivity index (χ3v) is 3.45. The summed E-state index contributed by atoms with van der Waals surface area (Å²) in [6.07, 6.45) is 4.79. The Kier molecular flexibility index (Phi) is 4.79. The minimum atomic E-state index is -0.544. The molecule has 1 unspecified atom stereocenters. The van der Waals surface area contributed by atoms with Crippen LogP contribution in [0.1, 0.15) is 36.4 Å². The quantitative estimate of drug-likeness (QED) is 0.881. The third-order valence-electron chi connectivity index (χ3n) is 3.45. The van der Waals surface area contributed by atoms with Gasteiger partial charge in [-0.1, -0.05) is 13.0 Å². The minimum absolute atomic E-state index is 0.527. The lowest BCUT2D eigenvalue weighted by molar-refractivity contribution is 0.174. The molecule has 2 rings (SSSR count). The van der Waals surface area contributed by atoms with E-state index in [4.69, 9.17) is 4.74 Å². The van der Waals surface area contributed by atoms with Gasteiger partial charge in [0.15, 0.2) is 0 Å². The number of nitrogens with zero attached hydrogens (tertiary/aromatic N) is 2. The second-order valence-electron chi connectivity index (χ2n) is 4.99. The maximum atomic E-state index is 10.4. The van der Waals surface area contributed by atoms with Crippen molar-refractivity contribution in [3.05, 3.63) is 47.5 Å². The fraction of sp³-hybridized carbons (Fsp3) is 0.438. The van der Waals surface area contributed by atoms with Gasteiger partial charge in [-0.05, 0) is 36.6 Å². The van der Waals surface area contributed by atoms with Crippen molar-refractivity contribution in [1.82, 2.24) is 9.55 Å². The Morgan fingerprint density at radius 3 is 2.85 bits per heavy atom. The molecule has 1 atom stereocenters. The van der Waals surface area contributed by atoms with Crippen LogP contribution in [-0.4, -0.2) is 21.8 Å². The highest BCUT2D eigenvalue weighted by molar-refractivity contribution is 5.37. The van der Waals surface area contributed by atoms with Crippen molar-refractivity contribution in [3.8, 4) is 5.75 Å². The highest BCUT2D eigenvalue weighted by Crippen LogP contribution is 2.24. The summed E-state index contributed by atoms with van der Waals surface area (Å²) in [6, 6.07) is 5.77. The van der Waals surface area contributed by atoms with E-state index < -0.39 is 6.10 Å². The maximum absolute atomic E-state index is 10.4. The summed E-state index contributed by atoms with van der Waals surface area (Å²) < 4.78 is 7.34. The number of rotatable bonds is 6. The van der Waals surface area contributed by atoms with Gasteiger partial charge in [0.05, 0.1) is 13.2 Å². The van der Waals surface area contributed by atoms with Crippen LogP contribution in [0.3, 0.4) is 0 Å². The summed E-state index contributed by atoms with van der Waals surface area (Å²) >= 11 is 0. The molecule has 1 aromatic carbocycles. The average molecular weight is 274 g/mol. The molecule has 4 heteroatoms. The molecule has 0 spiro atoms. The molecule has 1 heterocycles. The van der Waals surface area contributed by atoms with Crippen molar-refractivity contribution in [2.75, 3.05) is 7.11 Å². The lowest BCUT2D eigenvalue weighted by Crippen LogP contribution is -2.09. The zero-order valence-electron chi connectivity index (χ0n) is 12.3. The van der Waals surface area contributed by atoms with Gasteiger partial charge in [0, 0.05) is 25.4 Å². The van der Waals surface area contributed by atoms with Crippen LogP contribution < -0.4 is 4.74 Å². The number of hydrogen-bond acceptors (Lipinski definition) is 3. The Morgan fingerprint density at radius 1 is 1.40 bits per heavy atom. The smallest absolute Gasteiger partial charge is 0.121 e. The van der Waals surface area contributed by atoms with Crippen LogP contribution in [0.25, 0.3) is 0 Å². The van der Waals surface area contributed by atoms with E-state index in [1.807, 2.05) is 31.3 Å². The van der Waals surface area contributed by atoms with Gasteiger partial charge in [-0.15, -0.1) is 0 Å². The fourth-order valence-electron chi connectivity index (χ4n) is 2.37. The van der Waals surface area contributed by atoms with E-state index in [-0.39, 0.29) is 0 Å². The molecule has 0 aliphatic rings. The first-order valence-electron chi connectivity index (χ1n) is 6.98. The molecule has 0 fully saturated rings. The van der Waals surface area contributed by atoms with Gasteiger partial charge in [0.2, 0.25) is 0 Å².